The molecule has 3 nitrogen and oxygen atoms in total. The number of para-hydroxylation sites is 3. The Kier molecular flexibility index (Phi) is 10.6. The third-order valence-electron chi connectivity index (χ3n) is 16.9. The van der Waals surface area contributed by atoms with Crippen LogP contribution in [-0.4, -0.2) is 4.57 Å². The maximum Gasteiger partial charge on any atom is 0.0714 e. The van der Waals surface area contributed by atoms with Crippen LogP contribution >= 0.6 is 0 Å². The number of aromatic nitrogens is 1. The first-order valence-corrected chi connectivity index (χ1v) is 27.1. The zero-order valence-corrected chi connectivity index (χ0v) is 43.2. The second-order valence-electron chi connectivity index (χ2n) is 20.8. The number of nitrogens with zero attached hydrogens (tertiary/aromatic N) is 3. The van der Waals surface area contributed by atoms with Gasteiger partial charge in [0, 0.05) is 46.1 Å². The molecule has 15 rings (SSSR count). The number of hydrogen-bond acceptors (Lipinski definition) is 2. The van der Waals surface area contributed by atoms with Gasteiger partial charge < -0.3 is 14.4 Å². The minimum atomic E-state index is -0.563. The molecule has 1 heterocycles. The molecule has 0 unspecified atom stereocenters. The molecule has 3 heteroatoms. The number of anilines is 6. The van der Waals surface area contributed by atoms with Crippen molar-refractivity contribution in [3.05, 3.63) is 348 Å². The topological polar surface area (TPSA) is 11.4 Å². The lowest BCUT2D eigenvalue weighted by molar-refractivity contribution is 0.768. The molecule has 78 heavy (non-hydrogen) atoms. The zero-order chi connectivity index (χ0) is 51.8. The lowest BCUT2D eigenvalue weighted by Gasteiger charge is -2.35. The maximum absolute atomic E-state index is 2.50. The average Bonchev–Trinajstić information content (AvgIpc) is 4.00. The predicted octanol–water partition coefficient (Wildman–Crippen LogP) is 19.0. The van der Waals surface area contributed by atoms with Gasteiger partial charge in [-0.1, -0.05) is 237 Å². The Morgan fingerprint density at radius 3 is 1.24 bits per heavy atom. The third kappa shape index (κ3) is 6.64. The Morgan fingerprint density at radius 1 is 0.269 bits per heavy atom. The minimum Gasteiger partial charge on any atom is -0.343 e. The second kappa shape index (κ2) is 18.1. The predicted molar refractivity (Wildman–Crippen MR) is 324 cm³/mol. The van der Waals surface area contributed by atoms with Crippen LogP contribution in [0.25, 0.3) is 44.1 Å². The molecule has 2 aliphatic carbocycles. The van der Waals surface area contributed by atoms with E-state index in [1.807, 2.05) is 0 Å². The Bertz CT molecular complexity index is 4300. The van der Waals surface area contributed by atoms with E-state index in [1.54, 1.807) is 0 Å². The molecule has 0 radical (unpaired) electrons. The van der Waals surface area contributed by atoms with E-state index in [1.165, 1.54) is 83.1 Å². The molecule has 0 spiro atoms. The first-order chi connectivity index (χ1) is 38.6. The molecule has 0 atom stereocenters. The number of hydrogen-bond donors (Lipinski definition) is 0. The van der Waals surface area contributed by atoms with Gasteiger partial charge in [0.15, 0.2) is 0 Å². The highest BCUT2D eigenvalue weighted by Gasteiger charge is 2.48. The van der Waals surface area contributed by atoms with Gasteiger partial charge in [-0.3, -0.25) is 0 Å². The maximum atomic E-state index is 2.50. The number of rotatable bonds is 10. The van der Waals surface area contributed by atoms with E-state index in [4.69, 9.17) is 0 Å². The van der Waals surface area contributed by atoms with Crippen molar-refractivity contribution in [2.45, 2.75) is 10.8 Å². The third-order valence-corrected chi connectivity index (χ3v) is 16.9. The molecule has 0 amide bonds. The summed E-state index contributed by atoms with van der Waals surface area (Å²) in [5.41, 5.74) is 22.8. The molecule has 0 saturated heterocycles. The van der Waals surface area contributed by atoms with Crippen molar-refractivity contribution in [1.82, 2.24) is 4.57 Å². The van der Waals surface area contributed by atoms with Crippen LogP contribution < -0.4 is 9.80 Å². The van der Waals surface area contributed by atoms with Crippen LogP contribution in [0.5, 0.6) is 0 Å². The fraction of sp³-hybridized carbons (Fsp3) is 0.0400. The second-order valence-corrected chi connectivity index (χ2v) is 20.8. The largest absolute Gasteiger partial charge is 0.343 e. The van der Waals surface area contributed by atoms with Crippen LogP contribution in [0.4, 0.5) is 34.1 Å². The molecule has 0 N–H and O–H groups in total. The van der Waals surface area contributed by atoms with E-state index in [-0.39, 0.29) is 0 Å². The van der Waals surface area contributed by atoms with Crippen molar-refractivity contribution in [2.24, 2.45) is 7.05 Å². The molecule has 0 bridgehead atoms. The normalized spacial score (nSPS) is 13.4. The van der Waals surface area contributed by atoms with Crippen molar-refractivity contribution in [1.29, 1.82) is 0 Å². The van der Waals surface area contributed by atoms with Crippen LogP contribution in [0.1, 0.15) is 44.5 Å². The van der Waals surface area contributed by atoms with Crippen molar-refractivity contribution in [3.63, 3.8) is 0 Å². The Morgan fingerprint density at radius 2 is 0.679 bits per heavy atom. The molecule has 368 valence electrons. The summed E-state index contributed by atoms with van der Waals surface area (Å²) >= 11 is 0. The van der Waals surface area contributed by atoms with Gasteiger partial charge in [0.1, 0.15) is 0 Å². The summed E-state index contributed by atoms with van der Waals surface area (Å²) in [4.78, 5) is 4.98. The summed E-state index contributed by atoms with van der Waals surface area (Å²) in [5.74, 6) is 0. The molecule has 2 aliphatic rings. The molecule has 0 fully saturated rings. The van der Waals surface area contributed by atoms with E-state index < -0.39 is 10.8 Å². The van der Waals surface area contributed by atoms with Crippen LogP contribution in [-0.2, 0) is 17.9 Å². The van der Waals surface area contributed by atoms with E-state index in [2.05, 4.69) is 325 Å². The SMILES string of the molecule is Cn1c2ccccc2c2c(N(c3ccccc3)c3ccc4c(c3)-c3ccccc3C4(c3ccccc3)c3ccccc3)cc(N(c3ccccc3)c3ccc4c(c3)C(c3ccccc3)(c3ccccc3)c3ccccc3-4)cc21. The van der Waals surface area contributed by atoms with Gasteiger partial charge in [-0.15, -0.1) is 0 Å². The molecule has 1 aromatic heterocycles. The van der Waals surface area contributed by atoms with Gasteiger partial charge >= 0.3 is 0 Å². The summed E-state index contributed by atoms with van der Waals surface area (Å²) in [6.07, 6.45) is 0. The highest BCUT2D eigenvalue weighted by atomic mass is 15.2. The molecule has 13 aromatic rings. The lowest BCUT2D eigenvalue weighted by Crippen LogP contribution is -2.28. The van der Waals surface area contributed by atoms with Crippen LogP contribution in [0.2, 0.25) is 0 Å². The van der Waals surface area contributed by atoms with Crippen molar-refractivity contribution in [3.8, 4) is 22.3 Å². The molecule has 0 saturated carbocycles. The highest BCUT2D eigenvalue weighted by Crippen LogP contribution is 2.60. The van der Waals surface area contributed by atoms with Gasteiger partial charge in [0.2, 0.25) is 0 Å². The molecule has 0 aliphatic heterocycles. The van der Waals surface area contributed by atoms with E-state index in [9.17, 15) is 0 Å². The van der Waals surface area contributed by atoms with E-state index in [0.29, 0.717) is 0 Å². The minimum absolute atomic E-state index is 0.514. The highest BCUT2D eigenvalue weighted by molar-refractivity contribution is 6.17. The summed E-state index contributed by atoms with van der Waals surface area (Å²) in [6, 6.07) is 112. The summed E-state index contributed by atoms with van der Waals surface area (Å²) in [5, 5.41) is 2.39. The number of aryl methyl sites for hydroxylation is 1. The molecular weight excluding hydrogens is 943 g/mol. The molecule has 12 aromatic carbocycles. The van der Waals surface area contributed by atoms with Crippen molar-refractivity contribution >= 4 is 55.9 Å². The van der Waals surface area contributed by atoms with E-state index >= 15 is 0 Å². The summed E-state index contributed by atoms with van der Waals surface area (Å²) < 4.78 is 2.38. The Balaban J connectivity index is 1.000. The van der Waals surface area contributed by atoms with Gasteiger partial charge in [0.05, 0.1) is 27.7 Å². The number of fused-ring (bicyclic) bond motifs is 9. The fourth-order valence-corrected chi connectivity index (χ4v) is 13.7. The summed E-state index contributed by atoms with van der Waals surface area (Å²) in [7, 11) is 2.22. The van der Waals surface area contributed by atoms with Gasteiger partial charge in [-0.05, 0) is 133 Å². The first-order valence-electron chi connectivity index (χ1n) is 27.1. The van der Waals surface area contributed by atoms with Crippen molar-refractivity contribution in [2.75, 3.05) is 9.80 Å². The molecular formula is C75H53N3. The summed E-state index contributed by atoms with van der Waals surface area (Å²) in [6.45, 7) is 0. The van der Waals surface area contributed by atoms with Gasteiger partial charge in [-0.2, -0.15) is 0 Å². The first kappa shape index (κ1) is 45.4. The van der Waals surface area contributed by atoms with Crippen LogP contribution in [0.3, 0.4) is 0 Å². The van der Waals surface area contributed by atoms with Crippen molar-refractivity contribution < 1.29 is 0 Å². The van der Waals surface area contributed by atoms with Crippen LogP contribution in [0, 0.1) is 0 Å². The quantitative estimate of drug-likeness (QED) is 0.135. The lowest BCUT2D eigenvalue weighted by atomic mass is 9.67. The van der Waals surface area contributed by atoms with E-state index in [0.717, 1.165) is 39.6 Å². The Labute approximate surface area is 455 Å². The Hall–Kier alpha value is -9.96. The monoisotopic (exact) mass is 995 g/mol. The smallest absolute Gasteiger partial charge is 0.0714 e. The average molecular weight is 996 g/mol. The number of benzene rings is 12. The van der Waals surface area contributed by atoms with Gasteiger partial charge in [0.25, 0.3) is 0 Å². The fourth-order valence-electron chi connectivity index (χ4n) is 13.7. The van der Waals surface area contributed by atoms with Crippen LogP contribution in [0.15, 0.2) is 303 Å². The standard InChI is InChI=1S/C75H53N3/c1-76-70-43-25-22-40-64(70)73-71(76)50-60(77(56-34-16-6-17-35-56)59-44-46-63-61-38-20-23-41-66(61)75(69(63)49-59,54-30-12-4-13-31-54)55-32-14-5-15-33-55)51-72(73)78(57-36-18-7-19-37-57)58-45-47-68-65(48-58)62-39-21-24-42-67(62)74(68,52-26-8-2-9-27-52)53-28-10-3-11-29-53/h2-51H,1H3. The zero-order valence-electron chi connectivity index (χ0n) is 43.2. The van der Waals surface area contributed by atoms with Gasteiger partial charge in [-0.25, -0.2) is 0 Å².